The number of nitrogens with zero attached hydrogens (tertiary/aromatic N) is 2. The molecule has 0 saturated heterocycles. The summed E-state index contributed by atoms with van der Waals surface area (Å²) in [5, 5.41) is 8.98. The molecule has 16 heavy (non-hydrogen) atoms. The first-order chi connectivity index (χ1) is 7.72. The van der Waals surface area contributed by atoms with Crippen molar-refractivity contribution in [3.05, 3.63) is 18.0 Å². The zero-order chi connectivity index (χ0) is 11.8. The fourth-order valence-electron chi connectivity index (χ4n) is 0.814. The number of hydrogen-bond donors (Lipinski definition) is 1. The molecule has 1 N–H and O–H groups in total. The van der Waals surface area contributed by atoms with Crippen LogP contribution in [0.2, 0.25) is 0 Å². The summed E-state index contributed by atoms with van der Waals surface area (Å²) in [5.74, 6) is 4.43. The molecular formula is C10H10N2O3S. The minimum absolute atomic E-state index is 0.0799. The van der Waals surface area contributed by atoms with E-state index in [-0.39, 0.29) is 13.2 Å². The van der Waals surface area contributed by atoms with Crippen molar-refractivity contribution in [2.24, 2.45) is 0 Å². The Hall–Kier alpha value is -1.58. The number of hydrogen-bond acceptors (Lipinski definition) is 5. The molecule has 1 rings (SSSR count). The van der Waals surface area contributed by atoms with Crippen LogP contribution in [0.5, 0.6) is 0 Å². The first-order valence-corrected chi connectivity index (χ1v) is 5.59. The highest BCUT2D eigenvalue weighted by Gasteiger charge is 1.94. The van der Waals surface area contributed by atoms with Gasteiger partial charge in [-0.25, -0.2) is 14.8 Å². The summed E-state index contributed by atoms with van der Waals surface area (Å²) in [5.41, 5.74) is 0.678. The van der Waals surface area contributed by atoms with E-state index in [9.17, 15) is 4.79 Å². The van der Waals surface area contributed by atoms with Crippen LogP contribution < -0.4 is 0 Å². The molecule has 84 valence electrons. The molecule has 0 aliphatic rings. The Kier molecular flexibility index (Phi) is 5.32. The molecule has 1 aromatic rings. The van der Waals surface area contributed by atoms with Crippen LogP contribution in [0.4, 0.5) is 0 Å². The van der Waals surface area contributed by atoms with Crippen molar-refractivity contribution in [3.8, 4) is 11.8 Å². The molecule has 0 fully saturated rings. The van der Waals surface area contributed by atoms with Crippen molar-refractivity contribution in [1.29, 1.82) is 0 Å². The number of rotatable bonds is 4. The van der Waals surface area contributed by atoms with Gasteiger partial charge >= 0.3 is 5.97 Å². The second kappa shape index (κ2) is 6.82. The van der Waals surface area contributed by atoms with Crippen LogP contribution >= 0.6 is 11.8 Å². The third kappa shape index (κ3) is 4.77. The Morgan fingerprint density at radius 2 is 2.25 bits per heavy atom. The Balaban J connectivity index is 2.41. The Morgan fingerprint density at radius 1 is 1.56 bits per heavy atom. The van der Waals surface area contributed by atoms with Crippen molar-refractivity contribution in [2.45, 2.75) is 5.16 Å². The van der Waals surface area contributed by atoms with Gasteiger partial charge in [0.05, 0.1) is 5.56 Å². The fraction of sp³-hybridized carbons (Fsp3) is 0.300. The van der Waals surface area contributed by atoms with Crippen LogP contribution in [0.25, 0.3) is 0 Å². The van der Waals surface area contributed by atoms with Gasteiger partial charge in [0.1, 0.15) is 13.2 Å². The van der Waals surface area contributed by atoms with Crippen LogP contribution in [-0.4, -0.2) is 40.5 Å². The van der Waals surface area contributed by atoms with Crippen LogP contribution in [0, 0.1) is 11.8 Å². The van der Waals surface area contributed by atoms with E-state index in [0.717, 1.165) is 0 Å². The van der Waals surface area contributed by atoms with E-state index in [1.807, 2.05) is 6.26 Å². The number of aromatic nitrogens is 2. The molecule has 0 aromatic carbocycles. The van der Waals surface area contributed by atoms with Gasteiger partial charge in [0, 0.05) is 12.4 Å². The van der Waals surface area contributed by atoms with E-state index in [1.165, 1.54) is 11.8 Å². The number of carbonyl (C=O) groups is 1. The SMILES string of the molecule is CSc1ncc(C#CCOCC(=O)O)cn1. The van der Waals surface area contributed by atoms with Gasteiger partial charge in [0.25, 0.3) is 0 Å². The van der Waals surface area contributed by atoms with Gasteiger partial charge in [0.15, 0.2) is 5.16 Å². The fourth-order valence-corrected chi connectivity index (χ4v) is 1.13. The molecule has 0 atom stereocenters. The Bertz CT molecular complexity index is 408. The predicted octanol–water partition coefficient (Wildman–Crippen LogP) is 0.651. The molecule has 0 radical (unpaired) electrons. The van der Waals surface area contributed by atoms with Gasteiger partial charge < -0.3 is 9.84 Å². The second-order valence-corrected chi connectivity index (χ2v) is 3.42. The van der Waals surface area contributed by atoms with E-state index in [1.54, 1.807) is 12.4 Å². The summed E-state index contributed by atoms with van der Waals surface area (Å²) in [7, 11) is 0. The number of thioether (sulfide) groups is 1. The summed E-state index contributed by atoms with van der Waals surface area (Å²) in [6.45, 7) is -0.257. The van der Waals surface area contributed by atoms with Gasteiger partial charge in [-0.15, -0.1) is 0 Å². The molecule has 0 saturated carbocycles. The molecule has 0 aliphatic heterocycles. The molecule has 0 spiro atoms. The minimum atomic E-state index is -1.01. The van der Waals surface area contributed by atoms with Gasteiger partial charge in [-0.1, -0.05) is 23.6 Å². The molecule has 6 heteroatoms. The molecule has 0 bridgehead atoms. The molecule has 0 aliphatic carbocycles. The largest absolute Gasteiger partial charge is 0.480 e. The maximum Gasteiger partial charge on any atom is 0.329 e. The number of carboxylic acids is 1. The van der Waals surface area contributed by atoms with E-state index < -0.39 is 5.97 Å². The van der Waals surface area contributed by atoms with Crippen molar-refractivity contribution >= 4 is 17.7 Å². The standard InChI is InChI=1S/C10H10N2O3S/c1-16-10-11-5-8(6-12-10)3-2-4-15-7-9(13)14/h5-6H,4,7H2,1H3,(H,13,14). The lowest BCUT2D eigenvalue weighted by Gasteiger charge is -1.93. The summed E-state index contributed by atoms with van der Waals surface area (Å²) in [6.07, 6.45) is 5.12. The smallest absolute Gasteiger partial charge is 0.329 e. The number of carboxylic acid groups (broad SMARTS) is 1. The highest BCUT2D eigenvalue weighted by atomic mass is 32.2. The highest BCUT2D eigenvalue weighted by molar-refractivity contribution is 7.98. The van der Waals surface area contributed by atoms with Crippen molar-refractivity contribution in [2.75, 3.05) is 19.5 Å². The Labute approximate surface area is 97.3 Å². The predicted molar refractivity (Wildman–Crippen MR) is 59.1 cm³/mol. The summed E-state index contributed by atoms with van der Waals surface area (Å²) < 4.78 is 4.74. The molecule has 0 amide bonds. The topological polar surface area (TPSA) is 72.3 Å². The summed E-state index contributed by atoms with van der Waals surface area (Å²) >= 11 is 1.45. The van der Waals surface area contributed by atoms with Crippen LogP contribution in [0.15, 0.2) is 17.6 Å². The molecular weight excluding hydrogens is 228 g/mol. The molecule has 1 aromatic heterocycles. The molecule has 1 heterocycles. The van der Waals surface area contributed by atoms with Gasteiger partial charge in [-0.05, 0) is 6.26 Å². The monoisotopic (exact) mass is 238 g/mol. The zero-order valence-corrected chi connectivity index (χ0v) is 9.45. The zero-order valence-electron chi connectivity index (χ0n) is 8.64. The van der Waals surface area contributed by atoms with Crippen LogP contribution in [0.1, 0.15) is 5.56 Å². The number of aliphatic carboxylic acids is 1. The maximum atomic E-state index is 10.1. The van der Waals surface area contributed by atoms with Gasteiger partial charge in [-0.3, -0.25) is 0 Å². The first kappa shape index (κ1) is 12.5. The lowest BCUT2D eigenvalue weighted by Crippen LogP contribution is -2.06. The van der Waals surface area contributed by atoms with E-state index in [0.29, 0.717) is 10.7 Å². The van der Waals surface area contributed by atoms with Gasteiger partial charge in [0.2, 0.25) is 0 Å². The highest BCUT2D eigenvalue weighted by Crippen LogP contribution is 2.05. The van der Waals surface area contributed by atoms with Crippen LogP contribution in [0.3, 0.4) is 0 Å². The maximum absolute atomic E-state index is 10.1. The minimum Gasteiger partial charge on any atom is -0.480 e. The third-order valence-electron chi connectivity index (χ3n) is 1.44. The summed E-state index contributed by atoms with van der Waals surface area (Å²) in [4.78, 5) is 18.2. The quantitative estimate of drug-likeness (QED) is 0.359. The Morgan fingerprint density at radius 3 is 2.81 bits per heavy atom. The third-order valence-corrected chi connectivity index (χ3v) is 2.02. The second-order valence-electron chi connectivity index (χ2n) is 2.65. The number of ether oxygens (including phenoxy) is 1. The lowest BCUT2D eigenvalue weighted by molar-refractivity contribution is -0.141. The van der Waals surface area contributed by atoms with Crippen LogP contribution in [-0.2, 0) is 9.53 Å². The van der Waals surface area contributed by atoms with E-state index in [4.69, 9.17) is 9.84 Å². The normalized spacial score (nSPS) is 9.31. The molecule has 5 nitrogen and oxygen atoms in total. The summed E-state index contributed by atoms with van der Waals surface area (Å²) in [6, 6.07) is 0. The first-order valence-electron chi connectivity index (χ1n) is 4.37. The molecule has 0 unspecified atom stereocenters. The van der Waals surface area contributed by atoms with Gasteiger partial charge in [-0.2, -0.15) is 0 Å². The van der Waals surface area contributed by atoms with Crippen molar-refractivity contribution in [1.82, 2.24) is 9.97 Å². The van der Waals surface area contributed by atoms with Crippen molar-refractivity contribution < 1.29 is 14.6 Å². The van der Waals surface area contributed by atoms with E-state index in [2.05, 4.69) is 21.8 Å². The van der Waals surface area contributed by atoms with Crippen molar-refractivity contribution in [3.63, 3.8) is 0 Å². The average molecular weight is 238 g/mol. The van der Waals surface area contributed by atoms with E-state index >= 15 is 0 Å². The average Bonchev–Trinajstić information content (AvgIpc) is 2.29. The lowest BCUT2D eigenvalue weighted by atomic mass is 10.3.